The second-order valence-corrected chi connectivity index (χ2v) is 11.7. The van der Waals surface area contributed by atoms with Crippen molar-refractivity contribution in [2.45, 2.75) is 91.6 Å². The van der Waals surface area contributed by atoms with Crippen LogP contribution in [0.5, 0.6) is 0 Å². The molecule has 3 saturated carbocycles. The molecule has 0 saturated heterocycles. The van der Waals surface area contributed by atoms with Crippen LogP contribution < -0.4 is 0 Å². The Morgan fingerprint density at radius 3 is 2.80 bits per heavy atom. The minimum atomic E-state index is 0.271. The summed E-state index contributed by atoms with van der Waals surface area (Å²) in [6, 6.07) is 0. The average molecular weight is 409 g/mol. The molecule has 4 aliphatic carbocycles. The zero-order valence-corrected chi connectivity index (χ0v) is 19.5. The van der Waals surface area contributed by atoms with Crippen molar-refractivity contribution >= 4 is 5.78 Å². The van der Waals surface area contributed by atoms with Gasteiger partial charge in [-0.3, -0.25) is 4.79 Å². The van der Waals surface area contributed by atoms with Gasteiger partial charge in [0.15, 0.2) is 5.78 Å². The number of fused-ring (bicyclic) bond motifs is 7. The van der Waals surface area contributed by atoms with Crippen LogP contribution in [0, 0.1) is 40.4 Å². The van der Waals surface area contributed by atoms with Gasteiger partial charge in [-0.2, -0.15) is 0 Å². The second-order valence-electron chi connectivity index (χ2n) is 11.7. The van der Waals surface area contributed by atoms with Crippen molar-refractivity contribution in [1.82, 2.24) is 0 Å². The Balaban J connectivity index is 1.39. The maximum Gasteiger partial charge on any atom is 0.155 e. The van der Waals surface area contributed by atoms with E-state index in [2.05, 4.69) is 40.3 Å². The quantitative estimate of drug-likeness (QED) is 0.467. The Kier molecular flexibility index (Phi) is 4.88. The summed E-state index contributed by atoms with van der Waals surface area (Å²) in [4.78, 5) is 12.1. The molecule has 0 aromatic heterocycles. The van der Waals surface area contributed by atoms with E-state index in [0.717, 1.165) is 49.9 Å². The highest BCUT2D eigenvalue weighted by Crippen LogP contribution is 2.69. The molecule has 1 heterocycles. The van der Waals surface area contributed by atoms with E-state index in [1.807, 2.05) is 6.08 Å². The number of carbonyl (C=O) groups is 1. The summed E-state index contributed by atoms with van der Waals surface area (Å²) >= 11 is 0. The van der Waals surface area contributed by atoms with E-state index in [1.165, 1.54) is 37.0 Å². The Morgan fingerprint density at radius 1 is 1.23 bits per heavy atom. The third-order valence-electron chi connectivity index (χ3n) is 10.4. The number of rotatable bonds is 4. The Hall–Kier alpha value is -1.31. The summed E-state index contributed by atoms with van der Waals surface area (Å²) in [5.41, 5.74) is 3.70. The molecule has 8 atom stereocenters. The molecule has 164 valence electrons. The smallest absolute Gasteiger partial charge is 0.155 e. The van der Waals surface area contributed by atoms with E-state index in [9.17, 15) is 4.79 Å². The third kappa shape index (κ3) is 2.84. The molecule has 0 amide bonds. The first-order valence-corrected chi connectivity index (χ1v) is 12.5. The number of hydrogen-bond acceptors (Lipinski definition) is 2. The SMILES string of the molecule is C=CC(C)CCC1=C(C)[C@H]2[C@H](C[C@H]3[C@@H]4CCC5=CC(=O)CC[C@]5(C)[C@H]4CC[C@@]32C)O1. The molecule has 0 spiro atoms. The summed E-state index contributed by atoms with van der Waals surface area (Å²) in [5, 5.41) is 0. The number of carbonyl (C=O) groups excluding carboxylic acids is 1. The maximum absolute atomic E-state index is 12.1. The molecule has 30 heavy (non-hydrogen) atoms. The van der Waals surface area contributed by atoms with Gasteiger partial charge in [-0.1, -0.05) is 32.4 Å². The Morgan fingerprint density at radius 2 is 2.03 bits per heavy atom. The van der Waals surface area contributed by atoms with Crippen LogP contribution in [0.15, 0.2) is 35.6 Å². The van der Waals surface area contributed by atoms with Gasteiger partial charge in [0.1, 0.15) is 6.10 Å². The van der Waals surface area contributed by atoms with Gasteiger partial charge in [0, 0.05) is 18.8 Å². The first-order chi connectivity index (χ1) is 14.3. The minimum Gasteiger partial charge on any atom is -0.494 e. The molecule has 5 rings (SSSR count). The van der Waals surface area contributed by atoms with Crippen molar-refractivity contribution < 1.29 is 9.53 Å². The zero-order valence-electron chi connectivity index (χ0n) is 19.5. The number of allylic oxidation sites excluding steroid dienone is 3. The second kappa shape index (κ2) is 7.10. The van der Waals surface area contributed by atoms with E-state index >= 15 is 0 Å². The minimum absolute atomic E-state index is 0.271. The van der Waals surface area contributed by atoms with Crippen molar-refractivity contribution in [3.63, 3.8) is 0 Å². The third-order valence-corrected chi connectivity index (χ3v) is 10.4. The molecule has 0 bridgehead atoms. The molecule has 2 heteroatoms. The first-order valence-electron chi connectivity index (χ1n) is 12.5. The standard InChI is InChI=1S/C28H40O2/c1-6-17(2)7-10-24-18(3)26-25(30-24)16-23-21-9-8-19-15-20(29)11-13-27(19,4)22(21)12-14-28(23,26)5/h6,15,17,21-23,25-26H,1,7-14,16H2,2-5H3/t17?,21-,22+,23+,25+,26+,27+,28+/m1/s1. The first kappa shape index (κ1) is 20.6. The molecule has 2 nitrogen and oxygen atoms in total. The molecular weight excluding hydrogens is 368 g/mol. The normalized spacial score (nSPS) is 45.7. The topological polar surface area (TPSA) is 26.3 Å². The molecule has 0 aromatic rings. The van der Waals surface area contributed by atoms with E-state index < -0.39 is 0 Å². The van der Waals surface area contributed by atoms with Crippen LogP contribution in [0.25, 0.3) is 0 Å². The van der Waals surface area contributed by atoms with Crippen LogP contribution in [0.2, 0.25) is 0 Å². The van der Waals surface area contributed by atoms with Crippen LogP contribution in [0.4, 0.5) is 0 Å². The van der Waals surface area contributed by atoms with Crippen molar-refractivity contribution in [1.29, 1.82) is 0 Å². The lowest BCUT2D eigenvalue weighted by atomic mass is 9.46. The highest BCUT2D eigenvalue weighted by Gasteiger charge is 2.63. The Labute approximate surface area is 183 Å². The predicted octanol–water partition coefficient (Wildman–Crippen LogP) is 7.02. The predicted molar refractivity (Wildman–Crippen MR) is 122 cm³/mol. The molecular formula is C28H40O2. The molecule has 0 aromatic carbocycles. The molecule has 3 fully saturated rings. The van der Waals surface area contributed by atoms with Gasteiger partial charge in [-0.05, 0) is 98.0 Å². The van der Waals surface area contributed by atoms with Gasteiger partial charge in [-0.25, -0.2) is 0 Å². The number of ether oxygens (including phenoxy) is 1. The zero-order chi connectivity index (χ0) is 21.3. The maximum atomic E-state index is 12.1. The van der Waals surface area contributed by atoms with Crippen molar-refractivity contribution in [3.05, 3.63) is 35.6 Å². The van der Waals surface area contributed by atoms with E-state index in [0.29, 0.717) is 29.1 Å². The van der Waals surface area contributed by atoms with Gasteiger partial charge >= 0.3 is 0 Å². The van der Waals surface area contributed by atoms with Crippen molar-refractivity contribution in [3.8, 4) is 0 Å². The molecule has 1 unspecified atom stereocenters. The Bertz CT molecular complexity index is 818. The highest BCUT2D eigenvalue weighted by molar-refractivity contribution is 5.91. The highest BCUT2D eigenvalue weighted by atomic mass is 16.5. The largest absolute Gasteiger partial charge is 0.494 e. The van der Waals surface area contributed by atoms with Gasteiger partial charge in [0.2, 0.25) is 0 Å². The fourth-order valence-corrected chi connectivity index (χ4v) is 8.62. The van der Waals surface area contributed by atoms with Gasteiger partial charge in [0.25, 0.3) is 0 Å². The van der Waals surface area contributed by atoms with Crippen molar-refractivity contribution in [2.75, 3.05) is 0 Å². The summed E-state index contributed by atoms with van der Waals surface area (Å²) in [6.07, 6.45) is 14.9. The number of ketones is 1. The van der Waals surface area contributed by atoms with E-state index in [1.54, 1.807) is 5.57 Å². The van der Waals surface area contributed by atoms with E-state index in [-0.39, 0.29) is 5.41 Å². The van der Waals surface area contributed by atoms with Gasteiger partial charge < -0.3 is 4.74 Å². The summed E-state index contributed by atoms with van der Waals surface area (Å²) < 4.78 is 6.66. The fraction of sp³-hybridized carbons (Fsp3) is 0.750. The van der Waals surface area contributed by atoms with Gasteiger partial charge in [0.05, 0.1) is 5.76 Å². The molecule has 1 aliphatic heterocycles. The van der Waals surface area contributed by atoms with E-state index in [4.69, 9.17) is 4.74 Å². The van der Waals surface area contributed by atoms with Crippen LogP contribution >= 0.6 is 0 Å². The van der Waals surface area contributed by atoms with Gasteiger partial charge in [-0.15, -0.1) is 6.58 Å². The average Bonchev–Trinajstić information content (AvgIpc) is 3.20. The summed E-state index contributed by atoms with van der Waals surface area (Å²) in [7, 11) is 0. The van der Waals surface area contributed by atoms with Crippen LogP contribution in [0.1, 0.15) is 85.5 Å². The lowest BCUT2D eigenvalue weighted by molar-refractivity contribution is -0.117. The summed E-state index contributed by atoms with van der Waals surface area (Å²) in [5.74, 6) is 5.20. The van der Waals surface area contributed by atoms with Crippen LogP contribution in [-0.4, -0.2) is 11.9 Å². The monoisotopic (exact) mass is 408 g/mol. The lowest BCUT2D eigenvalue weighted by Gasteiger charge is -2.58. The summed E-state index contributed by atoms with van der Waals surface area (Å²) in [6.45, 7) is 13.6. The molecule has 5 aliphatic rings. The van der Waals surface area contributed by atoms with Crippen molar-refractivity contribution in [2.24, 2.45) is 40.4 Å². The lowest BCUT2D eigenvalue weighted by Crippen LogP contribution is -2.50. The fourth-order valence-electron chi connectivity index (χ4n) is 8.62. The number of hydrogen-bond donors (Lipinski definition) is 0. The van der Waals surface area contributed by atoms with Crippen LogP contribution in [0.3, 0.4) is 0 Å². The molecule has 0 N–H and O–H groups in total. The van der Waals surface area contributed by atoms with Crippen LogP contribution in [-0.2, 0) is 9.53 Å². The molecule has 0 radical (unpaired) electrons.